The van der Waals surface area contributed by atoms with E-state index >= 15 is 0 Å². The molecular weight excluding hydrogens is 252 g/mol. The summed E-state index contributed by atoms with van der Waals surface area (Å²) in [6, 6.07) is 8.68. The van der Waals surface area contributed by atoms with Crippen LogP contribution in [0.5, 0.6) is 0 Å². The van der Waals surface area contributed by atoms with Crippen molar-refractivity contribution >= 4 is 5.69 Å². The average Bonchev–Trinajstić information content (AvgIpc) is 2.47. The molecule has 0 radical (unpaired) electrons. The maximum Gasteiger partial charge on any atom is 0.0641 e. The fourth-order valence-electron chi connectivity index (χ4n) is 2.04. The van der Waals surface area contributed by atoms with Gasteiger partial charge in [0.05, 0.1) is 13.2 Å². The van der Waals surface area contributed by atoms with Crippen molar-refractivity contribution in [1.29, 1.82) is 0 Å². The molecule has 20 heavy (non-hydrogen) atoms. The summed E-state index contributed by atoms with van der Waals surface area (Å²) >= 11 is 0. The van der Waals surface area contributed by atoms with Gasteiger partial charge < -0.3 is 19.7 Å². The Morgan fingerprint density at radius 2 is 1.50 bits per heavy atom. The van der Waals surface area contributed by atoms with Crippen LogP contribution in [0.2, 0.25) is 0 Å². The number of rotatable bonds is 11. The molecule has 1 N–H and O–H groups in total. The minimum atomic E-state index is 0.751. The highest BCUT2D eigenvalue weighted by Crippen LogP contribution is 2.15. The van der Waals surface area contributed by atoms with Crippen LogP contribution in [-0.4, -0.2) is 46.6 Å². The van der Waals surface area contributed by atoms with Gasteiger partial charge in [0.25, 0.3) is 0 Å². The molecule has 0 atom stereocenters. The summed E-state index contributed by atoms with van der Waals surface area (Å²) in [5.41, 5.74) is 2.52. The number of nitrogens with one attached hydrogen (secondary N) is 1. The second-order valence-electron chi connectivity index (χ2n) is 4.58. The Morgan fingerprint density at radius 1 is 0.950 bits per heavy atom. The van der Waals surface area contributed by atoms with Crippen LogP contribution in [0.3, 0.4) is 0 Å². The van der Waals surface area contributed by atoms with Gasteiger partial charge in [-0.3, -0.25) is 0 Å². The molecule has 0 aliphatic heterocycles. The van der Waals surface area contributed by atoms with Gasteiger partial charge >= 0.3 is 0 Å². The third kappa shape index (κ3) is 6.37. The SMILES string of the molecule is CCOCCN(CCOCC)c1ccc(CNC)cc1. The lowest BCUT2D eigenvalue weighted by Gasteiger charge is -2.25. The van der Waals surface area contributed by atoms with Crippen molar-refractivity contribution in [1.82, 2.24) is 5.32 Å². The van der Waals surface area contributed by atoms with E-state index in [1.165, 1.54) is 11.3 Å². The Balaban J connectivity index is 2.59. The molecule has 0 bridgehead atoms. The Labute approximate surface area is 123 Å². The summed E-state index contributed by atoms with van der Waals surface area (Å²) in [6.07, 6.45) is 0. The first-order chi connectivity index (χ1) is 9.81. The van der Waals surface area contributed by atoms with Crippen LogP contribution in [0.25, 0.3) is 0 Å². The lowest BCUT2D eigenvalue weighted by atomic mass is 10.2. The van der Waals surface area contributed by atoms with Gasteiger partial charge in [-0.1, -0.05) is 12.1 Å². The molecule has 1 aromatic rings. The standard InChI is InChI=1S/C16H28N2O2/c1-4-19-12-10-18(11-13-20-5-2)16-8-6-15(7-9-16)14-17-3/h6-9,17H,4-5,10-14H2,1-3H3. The molecule has 0 aliphatic carbocycles. The normalized spacial score (nSPS) is 10.8. The van der Waals surface area contributed by atoms with Crippen LogP contribution in [0.4, 0.5) is 5.69 Å². The van der Waals surface area contributed by atoms with E-state index in [9.17, 15) is 0 Å². The number of ether oxygens (including phenoxy) is 2. The van der Waals surface area contributed by atoms with Crippen molar-refractivity contribution < 1.29 is 9.47 Å². The maximum absolute atomic E-state index is 5.46. The van der Waals surface area contributed by atoms with Gasteiger partial charge in [0.2, 0.25) is 0 Å². The lowest BCUT2D eigenvalue weighted by molar-refractivity contribution is 0.141. The van der Waals surface area contributed by atoms with Gasteiger partial charge in [0.1, 0.15) is 0 Å². The van der Waals surface area contributed by atoms with Gasteiger partial charge in [-0.15, -0.1) is 0 Å². The Morgan fingerprint density at radius 3 is 1.95 bits per heavy atom. The molecule has 0 spiro atoms. The molecule has 0 unspecified atom stereocenters. The quantitative estimate of drug-likeness (QED) is 0.631. The predicted molar refractivity (Wildman–Crippen MR) is 84.4 cm³/mol. The highest BCUT2D eigenvalue weighted by Gasteiger charge is 2.06. The zero-order valence-electron chi connectivity index (χ0n) is 13.0. The lowest BCUT2D eigenvalue weighted by Crippen LogP contribution is -2.31. The van der Waals surface area contributed by atoms with E-state index in [4.69, 9.17) is 9.47 Å². The molecule has 1 aromatic carbocycles. The first-order valence-corrected chi connectivity index (χ1v) is 7.45. The first-order valence-electron chi connectivity index (χ1n) is 7.45. The molecule has 0 aliphatic rings. The van der Waals surface area contributed by atoms with Crippen molar-refractivity contribution in [3.8, 4) is 0 Å². The monoisotopic (exact) mass is 280 g/mol. The molecule has 4 heteroatoms. The summed E-state index contributed by atoms with van der Waals surface area (Å²) in [6.45, 7) is 9.77. The highest BCUT2D eigenvalue weighted by atomic mass is 16.5. The van der Waals surface area contributed by atoms with Gasteiger partial charge in [-0.05, 0) is 38.6 Å². The van der Waals surface area contributed by atoms with Gasteiger partial charge in [-0.25, -0.2) is 0 Å². The number of hydrogen-bond acceptors (Lipinski definition) is 4. The van der Waals surface area contributed by atoms with Crippen molar-refractivity contribution in [2.24, 2.45) is 0 Å². The number of nitrogens with zero attached hydrogens (tertiary/aromatic N) is 1. The molecule has 1 rings (SSSR count). The molecule has 4 nitrogen and oxygen atoms in total. The van der Waals surface area contributed by atoms with E-state index in [1.54, 1.807) is 0 Å². The molecule has 0 amide bonds. The fourth-order valence-corrected chi connectivity index (χ4v) is 2.04. The van der Waals surface area contributed by atoms with Crippen molar-refractivity contribution in [3.63, 3.8) is 0 Å². The Hall–Kier alpha value is -1.10. The average molecular weight is 280 g/mol. The molecule has 0 fully saturated rings. The van der Waals surface area contributed by atoms with Gasteiger partial charge in [-0.2, -0.15) is 0 Å². The molecular formula is C16H28N2O2. The topological polar surface area (TPSA) is 33.7 Å². The largest absolute Gasteiger partial charge is 0.380 e. The number of benzene rings is 1. The molecule has 0 heterocycles. The maximum atomic E-state index is 5.46. The molecule has 0 saturated carbocycles. The summed E-state index contributed by atoms with van der Waals surface area (Å²) in [5, 5.41) is 3.16. The number of anilines is 1. The van der Waals surface area contributed by atoms with Crippen molar-refractivity contribution in [2.45, 2.75) is 20.4 Å². The van der Waals surface area contributed by atoms with E-state index in [1.807, 2.05) is 20.9 Å². The van der Waals surface area contributed by atoms with E-state index < -0.39 is 0 Å². The van der Waals surface area contributed by atoms with Crippen LogP contribution >= 0.6 is 0 Å². The van der Waals surface area contributed by atoms with E-state index in [0.29, 0.717) is 0 Å². The van der Waals surface area contributed by atoms with Crippen LogP contribution in [0, 0.1) is 0 Å². The third-order valence-corrected chi connectivity index (χ3v) is 3.10. The van der Waals surface area contributed by atoms with E-state index in [0.717, 1.165) is 46.1 Å². The fraction of sp³-hybridized carbons (Fsp3) is 0.625. The van der Waals surface area contributed by atoms with Crippen molar-refractivity contribution in [2.75, 3.05) is 51.5 Å². The van der Waals surface area contributed by atoms with E-state index in [2.05, 4.69) is 34.5 Å². The molecule has 0 aromatic heterocycles. The minimum absolute atomic E-state index is 0.751. The van der Waals surface area contributed by atoms with Gasteiger partial charge in [0.15, 0.2) is 0 Å². The predicted octanol–water partition coefficient (Wildman–Crippen LogP) is 2.29. The molecule has 0 saturated heterocycles. The van der Waals surface area contributed by atoms with Crippen LogP contribution in [-0.2, 0) is 16.0 Å². The summed E-state index contributed by atoms with van der Waals surface area (Å²) in [7, 11) is 1.96. The summed E-state index contributed by atoms with van der Waals surface area (Å²) in [4.78, 5) is 2.31. The van der Waals surface area contributed by atoms with Gasteiger partial charge in [0, 0.05) is 38.5 Å². The van der Waals surface area contributed by atoms with Crippen molar-refractivity contribution in [3.05, 3.63) is 29.8 Å². The van der Waals surface area contributed by atoms with E-state index in [-0.39, 0.29) is 0 Å². The molecule has 114 valence electrons. The number of hydrogen-bond donors (Lipinski definition) is 1. The first kappa shape index (κ1) is 17.0. The van der Waals surface area contributed by atoms with Crippen LogP contribution in [0.15, 0.2) is 24.3 Å². The Kier molecular flexibility index (Phi) is 9.04. The zero-order valence-corrected chi connectivity index (χ0v) is 13.0. The zero-order chi connectivity index (χ0) is 14.6. The second-order valence-corrected chi connectivity index (χ2v) is 4.58. The third-order valence-electron chi connectivity index (χ3n) is 3.10. The summed E-state index contributed by atoms with van der Waals surface area (Å²) < 4.78 is 10.9. The smallest absolute Gasteiger partial charge is 0.0641 e. The Bertz CT molecular complexity index is 331. The second kappa shape index (κ2) is 10.7. The van der Waals surface area contributed by atoms with Crippen LogP contribution in [0.1, 0.15) is 19.4 Å². The minimum Gasteiger partial charge on any atom is -0.380 e. The highest BCUT2D eigenvalue weighted by molar-refractivity contribution is 5.47. The van der Waals surface area contributed by atoms with Crippen LogP contribution < -0.4 is 10.2 Å². The summed E-state index contributed by atoms with van der Waals surface area (Å²) in [5.74, 6) is 0.